The van der Waals surface area contributed by atoms with E-state index < -0.39 is 0 Å². The minimum Gasteiger partial charge on any atom is -0.376 e. The van der Waals surface area contributed by atoms with Crippen LogP contribution in [-0.2, 0) is 4.74 Å². The van der Waals surface area contributed by atoms with Crippen LogP contribution in [0.25, 0.3) is 0 Å². The highest BCUT2D eigenvalue weighted by atomic mass is 16.5. The van der Waals surface area contributed by atoms with Crippen LogP contribution < -0.4 is 10.6 Å². The van der Waals surface area contributed by atoms with Gasteiger partial charge >= 0.3 is 0 Å². The molecule has 1 aromatic carbocycles. The molecule has 1 atom stereocenters. The van der Waals surface area contributed by atoms with Crippen LogP contribution in [0.5, 0.6) is 0 Å². The summed E-state index contributed by atoms with van der Waals surface area (Å²) in [5.74, 6) is 1.45. The average molecular weight is 354 g/mol. The maximum atomic E-state index is 12.4. The third-order valence-corrected chi connectivity index (χ3v) is 4.43. The highest BCUT2D eigenvalue weighted by molar-refractivity contribution is 5.93. The van der Waals surface area contributed by atoms with E-state index in [9.17, 15) is 4.79 Å². The second kappa shape index (κ2) is 8.27. The maximum Gasteiger partial charge on any atom is 0.270 e. The van der Waals surface area contributed by atoms with Gasteiger partial charge in [-0.2, -0.15) is 0 Å². The summed E-state index contributed by atoms with van der Waals surface area (Å²) in [6.45, 7) is 7.40. The Bertz CT molecular complexity index is 753. The molecule has 6 nitrogen and oxygen atoms in total. The third-order valence-electron chi connectivity index (χ3n) is 4.43. The fourth-order valence-corrected chi connectivity index (χ4v) is 2.95. The van der Waals surface area contributed by atoms with Crippen LogP contribution in [-0.4, -0.2) is 35.1 Å². The van der Waals surface area contributed by atoms with Crippen molar-refractivity contribution in [2.45, 2.75) is 45.6 Å². The monoisotopic (exact) mass is 354 g/mol. The van der Waals surface area contributed by atoms with Gasteiger partial charge in [-0.3, -0.25) is 4.79 Å². The smallest absolute Gasteiger partial charge is 0.270 e. The number of benzene rings is 1. The van der Waals surface area contributed by atoms with Gasteiger partial charge in [0.1, 0.15) is 17.3 Å². The molecule has 1 aliphatic heterocycles. The first kappa shape index (κ1) is 18.3. The van der Waals surface area contributed by atoms with Crippen molar-refractivity contribution in [1.29, 1.82) is 0 Å². The van der Waals surface area contributed by atoms with Crippen LogP contribution in [0.3, 0.4) is 0 Å². The summed E-state index contributed by atoms with van der Waals surface area (Å²) >= 11 is 0. The number of carbonyl (C=O) groups is 1. The number of ether oxygens (including phenoxy) is 1. The Labute approximate surface area is 154 Å². The highest BCUT2D eigenvalue weighted by Gasteiger charge is 2.17. The number of hydrogen-bond donors (Lipinski definition) is 2. The Balaban J connectivity index is 1.67. The zero-order valence-corrected chi connectivity index (χ0v) is 15.6. The Morgan fingerprint density at radius 3 is 2.69 bits per heavy atom. The Morgan fingerprint density at radius 1 is 1.27 bits per heavy atom. The lowest BCUT2D eigenvalue weighted by Crippen LogP contribution is -2.32. The number of rotatable bonds is 6. The number of hydrogen-bond acceptors (Lipinski definition) is 5. The molecule has 0 spiro atoms. The van der Waals surface area contributed by atoms with Crippen LogP contribution in [0, 0.1) is 6.92 Å². The summed E-state index contributed by atoms with van der Waals surface area (Å²) in [5, 5.41) is 6.14. The van der Waals surface area contributed by atoms with E-state index in [1.165, 1.54) is 5.56 Å². The van der Waals surface area contributed by atoms with E-state index in [0.29, 0.717) is 29.8 Å². The number of nitrogens with one attached hydrogen (secondary N) is 2. The Hall–Kier alpha value is -2.47. The Morgan fingerprint density at radius 2 is 2.04 bits per heavy atom. The van der Waals surface area contributed by atoms with Crippen molar-refractivity contribution in [3.8, 4) is 0 Å². The van der Waals surface area contributed by atoms with Crippen molar-refractivity contribution in [1.82, 2.24) is 15.3 Å². The van der Waals surface area contributed by atoms with Gasteiger partial charge in [0.25, 0.3) is 5.91 Å². The van der Waals surface area contributed by atoms with E-state index in [1.807, 2.05) is 12.1 Å². The fraction of sp³-hybridized carbons (Fsp3) is 0.450. The normalized spacial score (nSPS) is 16.7. The Kier molecular flexibility index (Phi) is 5.83. The molecule has 0 bridgehead atoms. The predicted molar refractivity (Wildman–Crippen MR) is 102 cm³/mol. The van der Waals surface area contributed by atoms with E-state index in [1.54, 1.807) is 13.0 Å². The number of amides is 1. The van der Waals surface area contributed by atoms with Gasteiger partial charge < -0.3 is 15.4 Å². The molecule has 1 fully saturated rings. The topological polar surface area (TPSA) is 76.1 Å². The summed E-state index contributed by atoms with van der Waals surface area (Å²) < 4.78 is 5.53. The van der Waals surface area contributed by atoms with Crippen LogP contribution in [0.4, 0.5) is 11.5 Å². The lowest BCUT2D eigenvalue weighted by Gasteiger charge is -2.12. The largest absolute Gasteiger partial charge is 0.376 e. The fourth-order valence-electron chi connectivity index (χ4n) is 2.95. The number of aromatic nitrogens is 2. The maximum absolute atomic E-state index is 12.4. The standard InChI is InChI=1S/C20H26N4O2/c1-13(2)15-6-8-16(9-7-15)24-19-11-18(22-14(3)23-19)20(25)21-12-17-5-4-10-26-17/h6-9,11,13,17H,4-5,10,12H2,1-3H3,(H,21,25)(H,22,23,24). The number of carbonyl (C=O) groups excluding carboxylic acids is 1. The first-order valence-electron chi connectivity index (χ1n) is 9.14. The summed E-state index contributed by atoms with van der Waals surface area (Å²) in [6.07, 6.45) is 2.15. The molecule has 1 aromatic heterocycles. The van der Waals surface area contributed by atoms with Crippen LogP contribution in [0.15, 0.2) is 30.3 Å². The van der Waals surface area contributed by atoms with Crippen molar-refractivity contribution >= 4 is 17.4 Å². The second-order valence-corrected chi connectivity index (χ2v) is 6.93. The zero-order chi connectivity index (χ0) is 18.5. The summed E-state index contributed by atoms with van der Waals surface area (Å²) in [5.41, 5.74) is 2.57. The van der Waals surface area contributed by atoms with Crippen molar-refractivity contribution in [2.75, 3.05) is 18.5 Å². The third kappa shape index (κ3) is 4.79. The molecule has 2 heterocycles. The number of anilines is 2. The van der Waals surface area contributed by atoms with Crippen molar-refractivity contribution in [2.24, 2.45) is 0 Å². The number of nitrogens with zero attached hydrogens (tertiary/aromatic N) is 2. The summed E-state index contributed by atoms with van der Waals surface area (Å²) in [6, 6.07) is 9.90. The minimum atomic E-state index is -0.204. The van der Waals surface area contributed by atoms with Crippen LogP contribution in [0.1, 0.15) is 54.5 Å². The molecule has 1 unspecified atom stereocenters. The van der Waals surface area contributed by atoms with Crippen molar-refractivity contribution in [3.05, 3.63) is 47.4 Å². The molecule has 1 aliphatic rings. The van der Waals surface area contributed by atoms with Gasteiger partial charge in [-0.15, -0.1) is 0 Å². The lowest BCUT2D eigenvalue weighted by molar-refractivity contribution is 0.0853. The molecule has 0 saturated carbocycles. The van der Waals surface area contributed by atoms with Gasteiger partial charge in [0, 0.05) is 24.9 Å². The molecule has 0 aliphatic carbocycles. The first-order valence-corrected chi connectivity index (χ1v) is 9.14. The molecule has 138 valence electrons. The quantitative estimate of drug-likeness (QED) is 0.829. The molecular formula is C20H26N4O2. The second-order valence-electron chi connectivity index (χ2n) is 6.93. The molecule has 2 aromatic rings. The van der Waals surface area contributed by atoms with Crippen LogP contribution >= 0.6 is 0 Å². The number of aryl methyl sites for hydroxylation is 1. The van der Waals surface area contributed by atoms with E-state index in [-0.39, 0.29) is 12.0 Å². The lowest BCUT2D eigenvalue weighted by atomic mass is 10.0. The van der Waals surface area contributed by atoms with Crippen molar-refractivity contribution in [3.63, 3.8) is 0 Å². The van der Waals surface area contributed by atoms with Crippen LogP contribution in [0.2, 0.25) is 0 Å². The molecule has 1 saturated heterocycles. The van der Waals surface area contributed by atoms with Gasteiger partial charge in [-0.05, 0) is 43.4 Å². The first-order chi connectivity index (χ1) is 12.5. The molecule has 1 amide bonds. The van der Waals surface area contributed by atoms with Gasteiger partial charge in [0.15, 0.2) is 0 Å². The predicted octanol–water partition coefficient (Wildman–Crippen LogP) is 3.56. The average Bonchev–Trinajstić information content (AvgIpc) is 3.13. The zero-order valence-electron chi connectivity index (χ0n) is 15.6. The summed E-state index contributed by atoms with van der Waals surface area (Å²) in [7, 11) is 0. The van der Waals surface area contributed by atoms with E-state index >= 15 is 0 Å². The molecule has 3 rings (SSSR count). The van der Waals surface area contributed by atoms with Gasteiger partial charge in [-0.1, -0.05) is 26.0 Å². The molecule has 2 N–H and O–H groups in total. The van der Waals surface area contributed by atoms with E-state index in [4.69, 9.17) is 4.74 Å². The molecule has 0 radical (unpaired) electrons. The minimum absolute atomic E-state index is 0.110. The molecule has 6 heteroatoms. The highest BCUT2D eigenvalue weighted by Crippen LogP contribution is 2.20. The van der Waals surface area contributed by atoms with Gasteiger partial charge in [-0.25, -0.2) is 9.97 Å². The van der Waals surface area contributed by atoms with E-state index in [0.717, 1.165) is 25.1 Å². The molecule has 26 heavy (non-hydrogen) atoms. The molecular weight excluding hydrogens is 328 g/mol. The SMILES string of the molecule is Cc1nc(Nc2ccc(C(C)C)cc2)cc(C(=O)NCC2CCCO2)n1. The van der Waals surface area contributed by atoms with Gasteiger partial charge in [0.2, 0.25) is 0 Å². The van der Waals surface area contributed by atoms with Crippen molar-refractivity contribution < 1.29 is 9.53 Å². The van der Waals surface area contributed by atoms with Gasteiger partial charge in [0.05, 0.1) is 6.10 Å². The summed E-state index contributed by atoms with van der Waals surface area (Å²) in [4.78, 5) is 21.0. The van der Waals surface area contributed by atoms with E-state index in [2.05, 4.69) is 46.6 Å².